The van der Waals surface area contributed by atoms with Gasteiger partial charge in [0, 0.05) is 56.6 Å². The second kappa shape index (κ2) is 10.1. The highest BCUT2D eigenvalue weighted by molar-refractivity contribution is 5.94. The van der Waals surface area contributed by atoms with Gasteiger partial charge in [0.25, 0.3) is 11.6 Å². The lowest BCUT2D eigenvalue weighted by molar-refractivity contribution is -0.384. The molecule has 0 saturated carbocycles. The number of piperidine rings is 1. The predicted octanol–water partition coefficient (Wildman–Crippen LogP) is 4.33. The van der Waals surface area contributed by atoms with Gasteiger partial charge in [-0.25, -0.2) is 0 Å². The van der Waals surface area contributed by atoms with Gasteiger partial charge < -0.3 is 19.4 Å². The van der Waals surface area contributed by atoms with E-state index in [0.29, 0.717) is 43.2 Å². The number of hydrogen-bond donors (Lipinski definition) is 0. The van der Waals surface area contributed by atoms with Crippen molar-refractivity contribution >= 4 is 23.0 Å². The fourth-order valence-corrected chi connectivity index (χ4v) is 4.58. The summed E-state index contributed by atoms with van der Waals surface area (Å²) in [7, 11) is 0. The molecular weight excluding hydrogens is 420 g/mol. The van der Waals surface area contributed by atoms with E-state index in [0.717, 1.165) is 31.6 Å². The number of nitro benzene ring substituents is 1. The molecule has 0 bridgehead atoms. The lowest BCUT2D eigenvalue weighted by Gasteiger charge is -2.37. The number of ether oxygens (including phenoxy) is 1. The minimum Gasteiger partial charge on any atom is -0.491 e. The SMILES string of the molecule is CC(C)Oc1cccc(C(=O)N2CCN(c3ccc([N+](=O)[O-])c(N4CCCCC4)c3)CC2)c1. The molecule has 0 radical (unpaired) electrons. The third-order valence-corrected chi connectivity index (χ3v) is 6.24. The summed E-state index contributed by atoms with van der Waals surface area (Å²) in [6.07, 6.45) is 3.35. The Bertz CT molecular complexity index is 996. The van der Waals surface area contributed by atoms with Crippen LogP contribution < -0.4 is 14.5 Å². The first kappa shape index (κ1) is 22.9. The van der Waals surface area contributed by atoms with Gasteiger partial charge in [-0.3, -0.25) is 14.9 Å². The zero-order chi connectivity index (χ0) is 23.4. The molecule has 8 nitrogen and oxygen atoms in total. The highest BCUT2D eigenvalue weighted by Crippen LogP contribution is 2.34. The van der Waals surface area contributed by atoms with Gasteiger partial charge in [-0.15, -0.1) is 0 Å². The maximum absolute atomic E-state index is 13.0. The number of amides is 1. The minimum atomic E-state index is -0.290. The molecule has 0 unspecified atom stereocenters. The number of benzene rings is 2. The minimum absolute atomic E-state index is 0.00145. The molecule has 2 fully saturated rings. The molecule has 2 heterocycles. The highest BCUT2D eigenvalue weighted by atomic mass is 16.6. The van der Waals surface area contributed by atoms with Gasteiger partial charge in [-0.05, 0) is 63.4 Å². The van der Waals surface area contributed by atoms with Crippen LogP contribution in [0.2, 0.25) is 0 Å². The Labute approximate surface area is 194 Å². The summed E-state index contributed by atoms with van der Waals surface area (Å²) in [5, 5.41) is 11.6. The topological polar surface area (TPSA) is 79.2 Å². The summed E-state index contributed by atoms with van der Waals surface area (Å²) in [4.78, 5) is 30.5. The van der Waals surface area contributed by atoms with Gasteiger partial charge in [0.2, 0.25) is 0 Å². The smallest absolute Gasteiger partial charge is 0.292 e. The first-order chi connectivity index (χ1) is 15.9. The van der Waals surface area contributed by atoms with E-state index in [9.17, 15) is 14.9 Å². The molecule has 176 valence electrons. The standard InChI is InChI=1S/C25H32N4O4/c1-19(2)33-22-8-6-7-20(17-22)25(30)28-15-13-26(14-16-28)21-9-10-23(29(31)32)24(18-21)27-11-4-3-5-12-27/h6-10,17-19H,3-5,11-16H2,1-2H3. The third kappa shape index (κ3) is 5.38. The molecule has 2 aliphatic heterocycles. The monoisotopic (exact) mass is 452 g/mol. The van der Waals surface area contributed by atoms with E-state index < -0.39 is 0 Å². The molecule has 1 amide bonds. The van der Waals surface area contributed by atoms with E-state index in [1.165, 1.54) is 6.42 Å². The quantitative estimate of drug-likeness (QED) is 0.479. The van der Waals surface area contributed by atoms with Crippen LogP contribution in [0.4, 0.5) is 17.1 Å². The second-order valence-corrected chi connectivity index (χ2v) is 8.95. The number of carbonyl (C=O) groups excluding carboxylic acids is 1. The van der Waals surface area contributed by atoms with Crippen LogP contribution in [0.1, 0.15) is 43.5 Å². The second-order valence-electron chi connectivity index (χ2n) is 8.95. The summed E-state index contributed by atoms with van der Waals surface area (Å²) in [5.74, 6) is 0.701. The molecular formula is C25H32N4O4. The van der Waals surface area contributed by atoms with Crippen molar-refractivity contribution in [3.05, 3.63) is 58.1 Å². The fourth-order valence-electron chi connectivity index (χ4n) is 4.58. The van der Waals surface area contributed by atoms with Crippen LogP contribution in [0.3, 0.4) is 0 Å². The van der Waals surface area contributed by atoms with Crippen LogP contribution >= 0.6 is 0 Å². The van der Waals surface area contributed by atoms with E-state index in [1.807, 2.05) is 49.1 Å². The van der Waals surface area contributed by atoms with E-state index in [-0.39, 0.29) is 22.6 Å². The maximum atomic E-state index is 13.0. The Kier molecular flexibility index (Phi) is 7.01. The molecule has 0 atom stereocenters. The first-order valence-electron chi connectivity index (χ1n) is 11.8. The van der Waals surface area contributed by atoms with Crippen LogP contribution in [0, 0.1) is 10.1 Å². The summed E-state index contributed by atoms with van der Waals surface area (Å²) in [5.41, 5.74) is 2.47. The first-order valence-corrected chi connectivity index (χ1v) is 11.8. The van der Waals surface area contributed by atoms with E-state index >= 15 is 0 Å². The van der Waals surface area contributed by atoms with E-state index in [4.69, 9.17) is 4.74 Å². The highest BCUT2D eigenvalue weighted by Gasteiger charge is 2.26. The Balaban J connectivity index is 1.44. The van der Waals surface area contributed by atoms with Crippen molar-refractivity contribution in [2.75, 3.05) is 49.1 Å². The summed E-state index contributed by atoms with van der Waals surface area (Å²) >= 11 is 0. The van der Waals surface area contributed by atoms with Gasteiger partial charge in [0.1, 0.15) is 11.4 Å². The van der Waals surface area contributed by atoms with Crippen molar-refractivity contribution in [3.8, 4) is 5.75 Å². The normalized spacial score (nSPS) is 16.8. The number of nitrogens with zero attached hydrogens (tertiary/aromatic N) is 4. The fraction of sp³-hybridized carbons (Fsp3) is 0.480. The number of anilines is 2. The lowest BCUT2D eigenvalue weighted by atomic mass is 10.1. The molecule has 33 heavy (non-hydrogen) atoms. The molecule has 2 aromatic carbocycles. The summed E-state index contributed by atoms with van der Waals surface area (Å²) in [6.45, 7) is 8.20. The lowest BCUT2D eigenvalue weighted by Crippen LogP contribution is -2.48. The van der Waals surface area contributed by atoms with Crippen molar-refractivity contribution in [1.29, 1.82) is 0 Å². The summed E-state index contributed by atoms with van der Waals surface area (Å²) in [6, 6.07) is 12.7. The molecule has 2 aromatic rings. The number of carbonyl (C=O) groups is 1. The van der Waals surface area contributed by atoms with Crippen LogP contribution in [0.15, 0.2) is 42.5 Å². The van der Waals surface area contributed by atoms with Gasteiger partial charge in [-0.1, -0.05) is 6.07 Å². The van der Waals surface area contributed by atoms with E-state index in [2.05, 4.69) is 9.80 Å². The molecule has 4 rings (SSSR count). The van der Waals surface area contributed by atoms with E-state index in [1.54, 1.807) is 12.1 Å². The number of piperazine rings is 1. The largest absolute Gasteiger partial charge is 0.491 e. The van der Waals surface area contributed by atoms with Gasteiger partial charge in [0.15, 0.2) is 0 Å². The van der Waals surface area contributed by atoms with Crippen LogP contribution in [0.25, 0.3) is 0 Å². The van der Waals surface area contributed by atoms with Crippen LogP contribution in [0.5, 0.6) is 5.75 Å². The van der Waals surface area contributed by atoms with Crippen molar-refractivity contribution in [2.24, 2.45) is 0 Å². The van der Waals surface area contributed by atoms with Crippen LogP contribution in [-0.4, -0.2) is 61.1 Å². The third-order valence-electron chi connectivity index (χ3n) is 6.24. The molecule has 0 N–H and O–H groups in total. The van der Waals surface area contributed by atoms with Crippen LogP contribution in [-0.2, 0) is 0 Å². The summed E-state index contributed by atoms with van der Waals surface area (Å²) < 4.78 is 5.72. The average molecular weight is 453 g/mol. The number of rotatable bonds is 6. The van der Waals surface area contributed by atoms with Gasteiger partial charge in [-0.2, -0.15) is 0 Å². The molecule has 2 saturated heterocycles. The van der Waals surface area contributed by atoms with Crippen molar-refractivity contribution < 1.29 is 14.5 Å². The zero-order valence-electron chi connectivity index (χ0n) is 19.4. The zero-order valence-corrected chi connectivity index (χ0v) is 19.4. The average Bonchev–Trinajstić information content (AvgIpc) is 2.83. The Hall–Kier alpha value is -3.29. The Morgan fingerprint density at radius 3 is 2.33 bits per heavy atom. The predicted molar refractivity (Wildman–Crippen MR) is 129 cm³/mol. The molecule has 0 aliphatic carbocycles. The Morgan fingerprint density at radius 1 is 0.939 bits per heavy atom. The van der Waals surface area contributed by atoms with Crippen molar-refractivity contribution in [1.82, 2.24) is 4.90 Å². The number of hydrogen-bond acceptors (Lipinski definition) is 6. The molecule has 0 spiro atoms. The van der Waals surface area contributed by atoms with Gasteiger partial charge >= 0.3 is 0 Å². The molecule has 0 aromatic heterocycles. The molecule has 2 aliphatic rings. The van der Waals surface area contributed by atoms with Gasteiger partial charge in [0.05, 0.1) is 11.0 Å². The maximum Gasteiger partial charge on any atom is 0.292 e. The molecule has 8 heteroatoms. The number of nitro groups is 1. The van der Waals surface area contributed by atoms with Crippen molar-refractivity contribution in [3.63, 3.8) is 0 Å². The Morgan fingerprint density at radius 2 is 1.67 bits per heavy atom. The van der Waals surface area contributed by atoms with Crippen molar-refractivity contribution in [2.45, 2.75) is 39.2 Å².